The molecule has 2 aliphatic heterocycles. The van der Waals surface area contributed by atoms with E-state index in [1.54, 1.807) is 37.7 Å². The molecule has 1 aromatic carbocycles. The summed E-state index contributed by atoms with van der Waals surface area (Å²) in [4.78, 5) is 44.8. The number of aromatic hydroxyl groups is 1. The summed E-state index contributed by atoms with van der Waals surface area (Å²) < 4.78 is 5.91. The van der Waals surface area contributed by atoms with Crippen molar-refractivity contribution in [3.63, 3.8) is 0 Å². The highest BCUT2D eigenvalue weighted by molar-refractivity contribution is 8.00. The van der Waals surface area contributed by atoms with Crippen LogP contribution in [0.15, 0.2) is 23.2 Å². The second kappa shape index (κ2) is 8.32. The molecule has 2 bridgehead atoms. The molecule has 3 N–H and O–H groups in total. The first kappa shape index (κ1) is 24.0. The van der Waals surface area contributed by atoms with Crippen LogP contribution in [0.5, 0.6) is 11.5 Å². The summed E-state index contributed by atoms with van der Waals surface area (Å²) in [5.41, 5.74) is 0.915. The third-order valence-corrected chi connectivity index (χ3v) is 11.4. The van der Waals surface area contributed by atoms with Crippen LogP contribution < -0.4 is 4.74 Å². The average molecular weight is 547 g/mol. The molecule has 0 radical (unpaired) electrons. The number of benzene rings is 1. The van der Waals surface area contributed by atoms with Crippen molar-refractivity contribution >= 4 is 53.1 Å². The Hall–Kier alpha value is -2.37. The van der Waals surface area contributed by atoms with E-state index in [2.05, 4.69) is 4.98 Å². The number of carbonyl (C=O) groups excluding carboxylic acids is 2. The molecular weight excluding hydrogens is 520 g/mol. The molecule has 190 valence electrons. The SMILES string of the molecule is COc1ccc(C2c3sc(=S)[nH]c3SC3C4CC(C5C(=O)N(C(C(=O)O)C(C)C)C(=O)C45)C23)cc1O. The highest BCUT2D eigenvalue weighted by Gasteiger charge is 2.70. The van der Waals surface area contributed by atoms with Gasteiger partial charge in [-0.1, -0.05) is 19.9 Å². The Kier molecular flexibility index (Phi) is 5.55. The van der Waals surface area contributed by atoms with Crippen LogP contribution in [-0.4, -0.2) is 56.3 Å². The molecule has 8 atom stereocenters. The van der Waals surface area contributed by atoms with Crippen LogP contribution in [0.4, 0.5) is 0 Å². The van der Waals surface area contributed by atoms with Gasteiger partial charge in [0.15, 0.2) is 15.5 Å². The first-order chi connectivity index (χ1) is 17.1. The maximum Gasteiger partial charge on any atom is 0.327 e. The number of carboxylic acids is 1. The molecule has 8 nitrogen and oxygen atoms in total. The number of carboxylic acid groups (broad SMARTS) is 1. The van der Waals surface area contributed by atoms with Crippen molar-refractivity contribution in [2.75, 3.05) is 7.11 Å². The topological polar surface area (TPSA) is 120 Å². The second-order valence-electron chi connectivity index (χ2n) is 10.5. The fraction of sp³-hybridized carbons (Fsp3) is 0.520. The number of aromatic amines is 1. The molecule has 2 aromatic rings. The zero-order chi connectivity index (χ0) is 25.6. The van der Waals surface area contributed by atoms with Gasteiger partial charge in [0.25, 0.3) is 0 Å². The van der Waals surface area contributed by atoms with Gasteiger partial charge < -0.3 is 19.9 Å². The third-order valence-electron chi connectivity index (χ3n) is 8.48. The summed E-state index contributed by atoms with van der Waals surface area (Å²) >= 11 is 8.68. The van der Waals surface area contributed by atoms with E-state index in [9.17, 15) is 24.6 Å². The van der Waals surface area contributed by atoms with E-state index in [-0.39, 0.29) is 52.4 Å². The Labute approximate surface area is 221 Å². The molecule has 1 aromatic heterocycles. The van der Waals surface area contributed by atoms with Gasteiger partial charge >= 0.3 is 5.97 Å². The molecule has 36 heavy (non-hydrogen) atoms. The molecule has 2 saturated carbocycles. The van der Waals surface area contributed by atoms with Gasteiger partial charge in [-0.2, -0.15) is 0 Å². The predicted octanol–water partition coefficient (Wildman–Crippen LogP) is 4.10. The number of imide groups is 1. The van der Waals surface area contributed by atoms with Crippen molar-refractivity contribution in [2.45, 2.75) is 42.5 Å². The molecule has 3 fully saturated rings. The second-order valence-corrected chi connectivity index (χ2v) is 13.4. The van der Waals surface area contributed by atoms with E-state index in [1.807, 2.05) is 6.07 Å². The minimum Gasteiger partial charge on any atom is -0.504 e. The Morgan fingerprint density at radius 1 is 1.22 bits per heavy atom. The van der Waals surface area contributed by atoms with Crippen molar-refractivity contribution < 1.29 is 29.3 Å². The van der Waals surface area contributed by atoms with Crippen LogP contribution in [0.1, 0.15) is 36.6 Å². The Bertz CT molecular complexity index is 1350. The number of hydrogen-bond acceptors (Lipinski definition) is 8. The lowest BCUT2D eigenvalue weighted by molar-refractivity contribution is -0.157. The summed E-state index contributed by atoms with van der Waals surface area (Å²) in [6.45, 7) is 3.45. The fourth-order valence-corrected chi connectivity index (χ4v) is 10.6. The van der Waals surface area contributed by atoms with Crippen molar-refractivity contribution in [2.24, 2.45) is 35.5 Å². The lowest BCUT2D eigenvalue weighted by atomic mass is 9.68. The Morgan fingerprint density at radius 3 is 2.53 bits per heavy atom. The van der Waals surface area contributed by atoms with Crippen molar-refractivity contribution in [1.82, 2.24) is 9.88 Å². The summed E-state index contributed by atoms with van der Waals surface area (Å²) in [6, 6.07) is 4.26. The summed E-state index contributed by atoms with van der Waals surface area (Å²) in [6.07, 6.45) is 0.761. The fourth-order valence-electron chi connectivity index (χ4n) is 7.28. The minimum absolute atomic E-state index is 0.0255. The molecule has 2 aliphatic carbocycles. The van der Waals surface area contributed by atoms with E-state index >= 15 is 0 Å². The number of nitrogens with one attached hydrogen (secondary N) is 1. The molecule has 2 amide bonds. The van der Waals surface area contributed by atoms with Crippen LogP contribution in [0.2, 0.25) is 0 Å². The van der Waals surface area contributed by atoms with Gasteiger partial charge in [-0.3, -0.25) is 14.5 Å². The molecular formula is C25H26N2O6S3. The molecule has 11 heteroatoms. The summed E-state index contributed by atoms with van der Waals surface area (Å²) in [7, 11) is 1.50. The van der Waals surface area contributed by atoms with Crippen LogP contribution >= 0.6 is 35.3 Å². The van der Waals surface area contributed by atoms with Gasteiger partial charge in [0.1, 0.15) is 6.04 Å². The summed E-state index contributed by atoms with van der Waals surface area (Å²) in [5.74, 6) is -2.89. The average Bonchev–Trinajstić information content (AvgIpc) is 3.54. The summed E-state index contributed by atoms with van der Waals surface area (Å²) in [5, 5.41) is 21.5. The standard InChI is InChI=1S/C25H26N2O6S3/c1-8(2)18(24(31)32)27-22(29)16-10-7-11(17(16)23(27)30)19-15(10)14(20-21(35-19)26-25(34)36-20)9-4-5-13(33-3)12(28)6-9/h4-6,8,10-11,14-19,28H,7H2,1-3H3,(H,26,34)(H,31,32). The van der Waals surface area contributed by atoms with Gasteiger partial charge in [0, 0.05) is 16.0 Å². The normalized spacial score (nSPS) is 33.0. The van der Waals surface area contributed by atoms with Gasteiger partial charge in [-0.25, -0.2) is 4.79 Å². The third kappa shape index (κ3) is 3.18. The molecule has 4 aliphatic rings. The largest absolute Gasteiger partial charge is 0.504 e. The number of rotatable bonds is 5. The number of ether oxygens (including phenoxy) is 1. The van der Waals surface area contributed by atoms with Gasteiger partial charge in [0.2, 0.25) is 11.8 Å². The molecule has 8 unspecified atom stereocenters. The number of likely N-dealkylation sites (tertiary alicyclic amines) is 1. The number of nitrogens with zero attached hydrogens (tertiary/aromatic N) is 1. The van der Waals surface area contributed by atoms with Gasteiger partial charge in [-0.05, 0) is 60.0 Å². The number of carbonyl (C=O) groups is 3. The van der Waals surface area contributed by atoms with Gasteiger partial charge in [0.05, 0.1) is 24.0 Å². The number of amides is 2. The molecule has 6 rings (SSSR count). The van der Waals surface area contributed by atoms with Crippen LogP contribution in [0, 0.1) is 39.5 Å². The van der Waals surface area contributed by atoms with E-state index < -0.39 is 23.8 Å². The number of fused-ring (bicyclic) bond motifs is 9. The zero-order valence-electron chi connectivity index (χ0n) is 19.8. The first-order valence-electron chi connectivity index (χ1n) is 12.0. The molecule has 0 spiro atoms. The van der Waals surface area contributed by atoms with E-state index in [4.69, 9.17) is 17.0 Å². The van der Waals surface area contributed by atoms with Crippen LogP contribution in [0.25, 0.3) is 0 Å². The number of hydrogen-bond donors (Lipinski definition) is 3. The number of phenolic OH excluding ortho intramolecular Hbond substituents is 1. The smallest absolute Gasteiger partial charge is 0.327 e. The minimum atomic E-state index is -1.16. The zero-order valence-corrected chi connectivity index (χ0v) is 22.3. The lowest BCUT2D eigenvalue weighted by Crippen LogP contribution is -2.49. The predicted molar refractivity (Wildman–Crippen MR) is 136 cm³/mol. The van der Waals surface area contributed by atoms with E-state index in [0.717, 1.165) is 26.8 Å². The Morgan fingerprint density at radius 2 is 1.92 bits per heavy atom. The van der Waals surface area contributed by atoms with Crippen molar-refractivity contribution in [1.29, 1.82) is 0 Å². The quantitative estimate of drug-likeness (QED) is 0.379. The Balaban J connectivity index is 1.44. The number of thioether (sulfide) groups is 1. The van der Waals surface area contributed by atoms with Crippen LogP contribution in [0.3, 0.4) is 0 Å². The monoisotopic (exact) mass is 546 g/mol. The number of aromatic nitrogens is 1. The van der Waals surface area contributed by atoms with Crippen molar-refractivity contribution in [3.8, 4) is 11.5 Å². The number of thiazole rings is 1. The van der Waals surface area contributed by atoms with Crippen LogP contribution in [-0.2, 0) is 14.4 Å². The van der Waals surface area contributed by atoms with Crippen molar-refractivity contribution in [3.05, 3.63) is 32.6 Å². The maximum atomic E-state index is 13.7. The highest BCUT2D eigenvalue weighted by Crippen LogP contribution is 2.69. The molecule has 3 heterocycles. The van der Waals surface area contributed by atoms with E-state index in [0.29, 0.717) is 9.70 Å². The van der Waals surface area contributed by atoms with Gasteiger partial charge in [-0.15, -0.1) is 23.1 Å². The lowest BCUT2D eigenvalue weighted by Gasteiger charge is -2.43. The molecule has 1 saturated heterocycles. The highest BCUT2D eigenvalue weighted by atomic mass is 32.2. The number of aliphatic carboxylic acids is 1. The first-order valence-corrected chi connectivity index (χ1v) is 14.1. The number of phenols is 1. The maximum absolute atomic E-state index is 13.7. The number of H-pyrrole nitrogens is 1. The number of methoxy groups -OCH3 is 1. The van der Waals surface area contributed by atoms with E-state index in [1.165, 1.54) is 18.4 Å².